The first-order valence-electron chi connectivity index (χ1n) is 8.38. The van der Waals surface area contributed by atoms with Crippen LogP contribution in [0.25, 0.3) is 0 Å². The Labute approximate surface area is 159 Å². The molecule has 0 saturated carbocycles. The first-order valence-corrected chi connectivity index (χ1v) is 9.86. The summed E-state index contributed by atoms with van der Waals surface area (Å²) in [5, 5.41) is 8.38. The van der Waals surface area contributed by atoms with Gasteiger partial charge in [-0.05, 0) is 42.3 Å². The van der Waals surface area contributed by atoms with E-state index in [1.807, 2.05) is 25.1 Å². The Bertz CT molecular complexity index is 971. The maximum absolute atomic E-state index is 12.3. The molecule has 0 radical (unpaired) electrons. The second-order valence-corrected chi connectivity index (χ2v) is 7.25. The first kappa shape index (κ1) is 20.2. The van der Waals surface area contributed by atoms with Crippen LogP contribution < -0.4 is 4.72 Å². The van der Waals surface area contributed by atoms with Crippen molar-refractivity contribution in [2.45, 2.75) is 18.2 Å². The molecule has 0 amide bonds. The van der Waals surface area contributed by atoms with Crippen LogP contribution in [-0.2, 0) is 16.4 Å². The van der Waals surface area contributed by atoms with E-state index in [9.17, 15) is 13.2 Å². The third-order valence-electron chi connectivity index (χ3n) is 3.69. The predicted octanol–water partition coefficient (Wildman–Crippen LogP) is 4.43. The third kappa shape index (κ3) is 5.97. The van der Waals surface area contributed by atoms with Crippen molar-refractivity contribution in [2.24, 2.45) is 0 Å². The lowest BCUT2D eigenvalue weighted by Crippen LogP contribution is -2.14. The first-order chi connectivity index (χ1) is 12.9. The molecule has 0 bridgehead atoms. The molecule has 0 heterocycles. The van der Waals surface area contributed by atoms with Gasteiger partial charge in [0.25, 0.3) is 10.0 Å². The van der Waals surface area contributed by atoms with Gasteiger partial charge in [-0.25, -0.2) is 13.2 Å². The fourth-order valence-corrected chi connectivity index (χ4v) is 3.73. The van der Waals surface area contributed by atoms with Crippen LogP contribution in [0.4, 0.5) is 5.69 Å². The molecule has 0 aromatic heterocycles. The Morgan fingerprint density at radius 3 is 1.89 bits per heavy atom. The van der Waals surface area contributed by atoms with Crippen molar-refractivity contribution < 1.29 is 18.3 Å². The van der Waals surface area contributed by atoms with E-state index in [0.29, 0.717) is 22.6 Å². The van der Waals surface area contributed by atoms with Crippen LogP contribution in [0.15, 0.2) is 89.8 Å². The van der Waals surface area contributed by atoms with Gasteiger partial charge in [0.05, 0.1) is 10.5 Å². The number of nitrogens with one attached hydrogen (secondary N) is 1. The topological polar surface area (TPSA) is 83.5 Å². The number of hydrogen-bond acceptors (Lipinski definition) is 3. The van der Waals surface area contributed by atoms with Gasteiger partial charge in [-0.3, -0.25) is 4.72 Å². The molecule has 3 rings (SSSR count). The smallest absolute Gasteiger partial charge is 0.335 e. The lowest BCUT2D eigenvalue weighted by atomic mass is 10.2. The van der Waals surface area contributed by atoms with Crippen LogP contribution in [0.2, 0.25) is 0 Å². The fourth-order valence-electron chi connectivity index (χ4n) is 2.36. The minimum absolute atomic E-state index is 0.331. The third-order valence-corrected chi connectivity index (χ3v) is 5.17. The Kier molecular flexibility index (Phi) is 7.14. The highest BCUT2D eigenvalue weighted by Crippen LogP contribution is 2.19. The SMILES string of the molecule is CCc1ccccc1S(=O)(=O)Nc1ccccc1.O=C(O)c1ccccc1. The number of para-hydroxylation sites is 1. The number of benzene rings is 3. The van der Waals surface area contributed by atoms with Gasteiger partial charge in [0, 0.05) is 5.69 Å². The van der Waals surface area contributed by atoms with Crippen molar-refractivity contribution in [3.05, 3.63) is 96.1 Å². The monoisotopic (exact) mass is 383 g/mol. The number of anilines is 1. The van der Waals surface area contributed by atoms with Gasteiger partial charge < -0.3 is 5.11 Å². The molecule has 3 aromatic carbocycles. The molecule has 5 nitrogen and oxygen atoms in total. The van der Waals surface area contributed by atoms with Gasteiger partial charge in [-0.15, -0.1) is 0 Å². The van der Waals surface area contributed by atoms with Crippen molar-refractivity contribution in [1.29, 1.82) is 0 Å². The number of rotatable bonds is 5. The fraction of sp³-hybridized carbons (Fsp3) is 0.0952. The quantitative estimate of drug-likeness (QED) is 0.682. The second-order valence-electron chi connectivity index (χ2n) is 5.60. The average Bonchev–Trinajstić information content (AvgIpc) is 2.69. The molecule has 0 saturated heterocycles. The van der Waals surface area contributed by atoms with Gasteiger partial charge in [-0.2, -0.15) is 0 Å². The van der Waals surface area contributed by atoms with Crippen LogP contribution in [0, 0.1) is 0 Å². The summed E-state index contributed by atoms with van der Waals surface area (Å²) in [7, 11) is -3.51. The van der Waals surface area contributed by atoms with Crippen LogP contribution in [0.5, 0.6) is 0 Å². The summed E-state index contributed by atoms with van der Waals surface area (Å²) in [5.74, 6) is -0.879. The summed E-state index contributed by atoms with van der Waals surface area (Å²) in [6, 6.07) is 24.2. The van der Waals surface area contributed by atoms with E-state index in [4.69, 9.17) is 5.11 Å². The molecule has 140 valence electrons. The van der Waals surface area contributed by atoms with Crippen LogP contribution in [0.1, 0.15) is 22.8 Å². The van der Waals surface area contributed by atoms with Crippen molar-refractivity contribution >= 4 is 21.7 Å². The minimum atomic E-state index is -3.51. The van der Waals surface area contributed by atoms with Crippen molar-refractivity contribution in [2.75, 3.05) is 4.72 Å². The standard InChI is InChI=1S/C14H15NO2S.C7H6O2/c1-2-12-8-6-7-11-14(12)18(16,17)15-13-9-4-3-5-10-13;8-7(9)6-4-2-1-3-5-6/h3-11,15H,2H2,1H3;1-5H,(H,8,9). The van der Waals surface area contributed by atoms with E-state index >= 15 is 0 Å². The molecule has 0 aliphatic rings. The van der Waals surface area contributed by atoms with Gasteiger partial charge in [0.2, 0.25) is 0 Å². The number of aromatic carboxylic acids is 1. The highest BCUT2D eigenvalue weighted by molar-refractivity contribution is 7.92. The number of sulfonamides is 1. The zero-order chi connectivity index (χ0) is 19.7. The van der Waals surface area contributed by atoms with Crippen molar-refractivity contribution in [3.63, 3.8) is 0 Å². The molecule has 0 spiro atoms. The van der Waals surface area contributed by atoms with Gasteiger partial charge in [0.15, 0.2) is 0 Å². The summed E-state index contributed by atoms with van der Waals surface area (Å²) in [6.45, 7) is 1.94. The van der Waals surface area contributed by atoms with E-state index in [0.717, 1.165) is 5.56 Å². The van der Waals surface area contributed by atoms with Crippen molar-refractivity contribution in [1.82, 2.24) is 0 Å². The molecule has 0 atom stereocenters. The lowest BCUT2D eigenvalue weighted by molar-refractivity contribution is 0.0697. The van der Waals surface area contributed by atoms with E-state index in [-0.39, 0.29) is 0 Å². The number of aryl methyl sites for hydroxylation is 1. The zero-order valence-electron chi connectivity index (χ0n) is 14.9. The number of carboxylic acids is 1. The normalized spacial score (nSPS) is 10.4. The molecule has 6 heteroatoms. The molecule has 2 N–H and O–H groups in total. The van der Waals surface area contributed by atoms with E-state index in [1.54, 1.807) is 66.7 Å². The molecule has 3 aromatic rings. The Hall–Kier alpha value is -3.12. The molecule has 0 fully saturated rings. The Morgan fingerprint density at radius 2 is 1.37 bits per heavy atom. The summed E-state index contributed by atoms with van der Waals surface area (Å²) in [6.07, 6.45) is 0.686. The Balaban J connectivity index is 0.000000244. The minimum Gasteiger partial charge on any atom is -0.478 e. The molecule has 27 heavy (non-hydrogen) atoms. The summed E-state index contributed by atoms with van der Waals surface area (Å²) >= 11 is 0. The summed E-state index contributed by atoms with van der Waals surface area (Å²) in [4.78, 5) is 10.5. The van der Waals surface area contributed by atoms with Crippen LogP contribution >= 0.6 is 0 Å². The van der Waals surface area contributed by atoms with E-state index < -0.39 is 16.0 Å². The average molecular weight is 383 g/mol. The molecule has 0 aliphatic carbocycles. The van der Waals surface area contributed by atoms with Crippen molar-refractivity contribution in [3.8, 4) is 0 Å². The molecular weight excluding hydrogens is 362 g/mol. The summed E-state index contributed by atoms with van der Waals surface area (Å²) in [5.41, 5.74) is 1.72. The molecular formula is C21H21NO4S. The maximum Gasteiger partial charge on any atom is 0.335 e. The number of hydrogen-bond donors (Lipinski definition) is 2. The van der Waals surface area contributed by atoms with Crippen LogP contribution in [-0.4, -0.2) is 19.5 Å². The highest BCUT2D eigenvalue weighted by atomic mass is 32.2. The molecule has 0 unspecified atom stereocenters. The number of carbonyl (C=O) groups is 1. The van der Waals surface area contributed by atoms with Crippen LogP contribution in [0.3, 0.4) is 0 Å². The van der Waals surface area contributed by atoms with Gasteiger partial charge >= 0.3 is 5.97 Å². The predicted molar refractivity (Wildman–Crippen MR) is 106 cm³/mol. The van der Waals surface area contributed by atoms with E-state index in [1.165, 1.54) is 0 Å². The largest absolute Gasteiger partial charge is 0.478 e. The zero-order valence-corrected chi connectivity index (χ0v) is 15.7. The number of carboxylic acid groups (broad SMARTS) is 1. The Morgan fingerprint density at radius 1 is 0.852 bits per heavy atom. The maximum atomic E-state index is 12.3. The van der Waals surface area contributed by atoms with E-state index in [2.05, 4.69) is 4.72 Å². The second kappa shape index (κ2) is 9.54. The van der Waals surface area contributed by atoms with Gasteiger partial charge in [-0.1, -0.05) is 61.5 Å². The lowest BCUT2D eigenvalue weighted by Gasteiger charge is -2.11. The summed E-state index contributed by atoms with van der Waals surface area (Å²) < 4.78 is 27.1. The highest BCUT2D eigenvalue weighted by Gasteiger charge is 2.16. The molecule has 0 aliphatic heterocycles. The van der Waals surface area contributed by atoms with Gasteiger partial charge in [0.1, 0.15) is 0 Å².